The molecule has 0 aromatic heterocycles. The maximum Gasteiger partial charge on any atom is 0.332 e. The summed E-state index contributed by atoms with van der Waals surface area (Å²) in [5.74, 6) is -0.757. The van der Waals surface area contributed by atoms with Gasteiger partial charge in [0.15, 0.2) is 0 Å². The second-order valence-corrected chi connectivity index (χ2v) is 5.24. The molecular formula is C14H20N2O3. The normalized spacial score (nSPS) is 23.7. The van der Waals surface area contributed by atoms with Crippen molar-refractivity contribution in [2.75, 3.05) is 14.1 Å². The lowest BCUT2D eigenvalue weighted by Crippen LogP contribution is -2.63. The Morgan fingerprint density at radius 2 is 1.68 bits per heavy atom. The quantitative estimate of drug-likeness (QED) is 0.565. The molecule has 0 unspecified atom stereocenters. The zero-order valence-electron chi connectivity index (χ0n) is 11.7. The molecule has 1 aliphatic carbocycles. The van der Waals surface area contributed by atoms with Crippen LogP contribution < -0.4 is 0 Å². The Morgan fingerprint density at radius 1 is 1.11 bits per heavy atom. The Kier molecular flexibility index (Phi) is 3.47. The highest BCUT2D eigenvalue weighted by molar-refractivity contribution is 6.20. The van der Waals surface area contributed by atoms with E-state index in [0.717, 1.165) is 41.1 Å². The van der Waals surface area contributed by atoms with E-state index >= 15 is 0 Å². The number of carbonyl (C=O) groups excluding carboxylic acids is 3. The highest BCUT2D eigenvalue weighted by atomic mass is 16.2. The number of urea groups is 1. The van der Waals surface area contributed by atoms with E-state index in [9.17, 15) is 14.4 Å². The number of hydrogen-bond acceptors (Lipinski definition) is 3. The lowest BCUT2D eigenvalue weighted by atomic mass is 9.70. The first-order chi connectivity index (χ1) is 8.96. The fraction of sp³-hybridized carbons (Fsp3) is 0.643. The number of amides is 4. The van der Waals surface area contributed by atoms with Gasteiger partial charge < -0.3 is 0 Å². The summed E-state index contributed by atoms with van der Waals surface area (Å²) in [5, 5.41) is 0. The smallest absolute Gasteiger partial charge is 0.273 e. The molecule has 1 fully saturated rings. The van der Waals surface area contributed by atoms with Crippen LogP contribution in [-0.4, -0.2) is 41.7 Å². The summed E-state index contributed by atoms with van der Waals surface area (Å²) in [7, 11) is 2.89. The molecule has 19 heavy (non-hydrogen) atoms. The largest absolute Gasteiger partial charge is 0.332 e. The van der Waals surface area contributed by atoms with Crippen LogP contribution in [0.3, 0.4) is 0 Å². The van der Waals surface area contributed by atoms with Gasteiger partial charge in [-0.3, -0.25) is 19.4 Å². The number of hydrogen-bond donors (Lipinski definition) is 0. The molecule has 0 aromatic carbocycles. The minimum Gasteiger partial charge on any atom is -0.273 e. The van der Waals surface area contributed by atoms with Crippen molar-refractivity contribution in [3.8, 4) is 0 Å². The average Bonchev–Trinajstić information content (AvgIpc) is 2.45. The predicted molar refractivity (Wildman–Crippen MR) is 70.2 cm³/mol. The zero-order chi connectivity index (χ0) is 14.2. The highest BCUT2D eigenvalue weighted by Gasteiger charge is 2.56. The lowest BCUT2D eigenvalue weighted by Gasteiger charge is -2.43. The molecule has 0 atom stereocenters. The minimum absolute atomic E-state index is 0.378. The number of imide groups is 2. The Morgan fingerprint density at radius 3 is 2.11 bits per heavy atom. The maximum atomic E-state index is 12.6. The molecule has 1 heterocycles. The van der Waals surface area contributed by atoms with Gasteiger partial charge >= 0.3 is 6.03 Å². The third-order valence-electron chi connectivity index (χ3n) is 4.28. The second kappa shape index (κ2) is 4.79. The molecule has 0 radical (unpaired) electrons. The minimum atomic E-state index is -1.15. The molecule has 5 heteroatoms. The molecule has 2 aliphatic rings. The van der Waals surface area contributed by atoms with Crippen LogP contribution in [0.15, 0.2) is 11.6 Å². The fourth-order valence-corrected chi connectivity index (χ4v) is 3.09. The first-order valence-corrected chi connectivity index (χ1v) is 6.76. The van der Waals surface area contributed by atoms with Gasteiger partial charge in [0, 0.05) is 14.1 Å². The maximum absolute atomic E-state index is 12.6. The molecule has 0 bridgehead atoms. The first kappa shape index (κ1) is 13.8. The number of nitrogens with zero attached hydrogens (tertiary/aromatic N) is 2. The Hall–Kier alpha value is -1.65. The third kappa shape index (κ3) is 1.79. The highest BCUT2D eigenvalue weighted by Crippen LogP contribution is 2.42. The summed E-state index contributed by atoms with van der Waals surface area (Å²) in [6, 6.07) is -0.546. The lowest BCUT2D eigenvalue weighted by molar-refractivity contribution is -0.154. The molecule has 0 spiro atoms. The monoisotopic (exact) mass is 264 g/mol. The number of allylic oxidation sites excluding steroid dienone is 1. The van der Waals surface area contributed by atoms with Crippen molar-refractivity contribution in [2.45, 2.75) is 39.0 Å². The van der Waals surface area contributed by atoms with Crippen molar-refractivity contribution >= 4 is 17.8 Å². The predicted octanol–water partition coefficient (Wildman–Crippen LogP) is 1.93. The van der Waals surface area contributed by atoms with Crippen LogP contribution in [-0.2, 0) is 9.59 Å². The van der Waals surface area contributed by atoms with E-state index in [1.165, 1.54) is 14.1 Å². The van der Waals surface area contributed by atoms with Crippen LogP contribution in [0.2, 0.25) is 0 Å². The fourth-order valence-electron chi connectivity index (χ4n) is 3.09. The Labute approximate surface area is 113 Å². The number of rotatable bonds is 2. The Bertz CT molecular complexity index is 443. The van der Waals surface area contributed by atoms with E-state index in [1.54, 1.807) is 0 Å². The van der Waals surface area contributed by atoms with E-state index in [-0.39, 0.29) is 11.8 Å². The van der Waals surface area contributed by atoms with Gasteiger partial charge in [-0.25, -0.2) is 4.79 Å². The first-order valence-electron chi connectivity index (χ1n) is 6.76. The third-order valence-corrected chi connectivity index (χ3v) is 4.28. The van der Waals surface area contributed by atoms with E-state index in [4.69, 9.17) is 0 Å². The SMILES string of the molecule is CCC1(C2=CCCCC2)C(=O)N(C)C(=O)N(C)C1=O. The van der Waals surface area contributed by atoms with Gasteiger partial charge in [0.25, 0.3) is 0 Å². The molecule has 0 aromatic rings. The van der Waals surface area contributed by atoms with Crippen molar-refractivity contribution in [3.63, 3.8) is 0 Å². The molecule has 2 rings (SSSR count). The summed E-state index contributed by atoms with van der Waals surface area (Å²) in [4.78, 5) is 39.1. The molecule has 1 aliphatic heterocycles. The van der Waals surface area contributed by atoms with Gasteiger partial charge in [0.2, 0.25) is 11.8 Å². The van der Waals surface area contributed by atoms with E-state index in [0.29, 0.717) is 6.42 Å². The second-order valence-electron chi connectivity index (χ2n) is 5.24. The molecular weight excluding hydrogens is 244 g/mol. The summed E-state index contributed by atoms with van der Waals surface area (Å²) in [6.45, 7) is 1.84. The number of barbiturate groups is 1. The topological polar surface area (TPSA) is 57.7 Å². The van der Waals surface area contributed by atoms with Gasteiger partial charge in [0.1, 0.15) is 5.41 Å². The van der Waals surface area contributed by atoms with Crippen LogP contribution in [0, 0.1) is 5.41 Å². The van der Waals surface area contributed by atoms with E-state index < -0.39 is 11.4 Å². The van der Waals surface area contributed by atoms with E-state index in [2.05, 4.69) is 0 Å². The molecule has 0 saturated carbocycles. The summed E-state index contributed by atoms with van der Waals surface area (Å²) < 4.78 is 0. The Balaban J connectivity index is 2.53. The van der Waals surface area contributed by atoms with Gasteiger partial charge in [-0.2, -0.15) is 0 Å². The van der Waals surface area contributed by atoms with Crippen molar-refractivity contribution in [1.29, 1.82) is 0 Å². The van der Waals surface area contributed by atoms with Gasteiger partial charge in [0.05, 0.1) is 0 Å². The summed E-state index contributed by atoms with van der Waals surface area (Å²) in [6.07, 6.45) is 6.17. The number of carbonyl (C=O) groups is 3. The van der Waals surface area contributed by atoms with Crippen LogP contribution >= 0.6 is 0 Å². The van der Waals surface area contributed by atoms with Gasteiger partial charge in [-0.05, 0) is 37.7 Å². The van der Waals surface area contributed by atoms with Crippen LogP contribution in [0.25, 0.3) is 0 Å². The van der Waals surface area contributed by atoms with Crippen molar-refractivity contribution in [3.05, 3.63) is 11.6 Å². The van der Waals surface area contributed by atoms with Gasteiger partial charge in [-0.15, -0.1) is 0 Å². The van der Waals surface area contributed by atoms with Crippen molar-refractivity contribution < 1.29 is 14.4 Å². The van der Waals surface area contributed by atoms with Crippen LogP contribution in [0.4, 0.5) is 4.79 Å². The van der Waals surface area contributed by atoms with Crippen LogP contribution in [0.5, 0.6) is 0 Å². The molecule has 1 saturated heterocycles. The average molecular weight is 264 g/mol. The molecule has 0 N–H and O–H groups in total. The van der Waals surface area contributed by atoms with E-state index in [1.807, 2.05) is 13.0 Å². The summed E-state index contributed by atoms with van der Waals surface area (Å²) >= 11 is 0. The standard InChI is InChI=1S/C14H20N2O3/c1-4-14(10-8-6-5-7-9-10)11(17)15(2)13(19)16(3)12(14)18/h8H,4-7,9H2,1-3H3. The van der Waals surface area contributed by atoms with Crippen molar-refractivity contribution in [1.82, 2.24) is 9.80 Å². The van der Waals surface area contributed by atoms with Crippen molar-refractivity contribution in [2.24, 2.45) is 5.41 Å². The van der Waals surface area contributed by atoms with Gasteiger partial charge in [-0.1, -0.05) is 13.0 Å². The zero-order valence-corrected chi connectivity index (χ0v) is 11.7. The molecule has 5 nitrogen and oxygen atoms in total. The van der Waals surface area contributed by atoms with Crippen LogP contribution in [0.1, 0.15) is 39.0 Å². The molecule has 104 valence electrons. The molecule has 4 amide bonds. The summed E-state index contributed by atoms with van der Waals surface area (Å²) in [5.41, 5.74) is -0.264.